The summed E-state index contributed by atoms with van der Waals surface area (Å²) in [5.74, 6) is -0.386. The van der Waals surface area contributed by atoms with E-state index in [0.717, 1.165) is 12.3 Å². The zero-order valence-corrected chi connectivity index (χ0v) is 9.35. The molecule has 0 aromatic heterocycles. The molecule has 1 aliphatic heterocycles. The molecule has 0 bridgehead atoms. The molecule has 0 aromatic carbocycles. The zero-order chi connectivity index (χ0) is 8.48. The van der Waals surface area contributed by atoms with Gasteiger partial charge in [-0.15, -0.1) is 18.5 Å². The van der Waals surface area contributed by atoms with Gasteiger partial charge in [0.2, 0.25) is 0 Å². The highest BCUT2D eigenvalue weighted by Gasteiger charge is 2.38. The van der Waals surface area contributed by atoms with Gasteiger partial charge in [0.05, 0.1) is 12.2 Å². The lowest BCUT2D eigenvalue weighted by Crippen LogP contribution is -2.24. The molecule has 0 aromatic rings. The molecule has 1 aliphatic rings. The number of hydrogen-bond acceptors (Lipinski definition) is 2. The maximum atomic E-state index is 5.65. The molecular formula is C7H16O2P2. The predicted octanol–water partition coefficient (Wildman–Crippen LogP) is 1.26. The van der Waals surface area contributed by atoms with Crippen LogP contribution in [0.15, 0.2) is 0 Å². The predicted molar refractivity (Wildman–Crippen MR) is 53.0 cm³/mol. The third-order valence-electron chi connectivity index (χ3n) is 1.75. The molecule has 0 amide bonds. The summed E-state index contributed by atoms with van der Waals surface area (Å²) in [6, 6.07) is 0. The highest BCUT2D eigenvalue weighted by Crippen LogP contribution is 2.29. The smallest absolute Gasteiger partial charge is 0.163 e. The lowest BCUT2D eigenvalue weighted by Gasteiger charge is -2.16. The van der Waals surface area contributed by atoms with Gasteiger partial charge in [0.25, 0.3) is 0 Å². The molecule has 66 valence electrons. The van der Waals surface area contributed by atoms with Crippen LogP contribution in [-0.4, -0.2) is 30.3 Å². The summed E-state index contributed by atoms with van der Waals surface area (Å²) in [5.41, 5.74) is 0. The van der Waals surface area contributed by atoms with Crippen LogP contribution in [0.3, 0.4) is 0 Å². The van der Waals surface area contributed by atoms with Crippen LogP contribution in [0.5, 0.6) is 0 Å². The molecule has 1 saturated heterocycles. The molecule has 11 heavy (non-hydrogen) atoms. The lowest BCUT2D eigenvalue weighted by molar-refractivity contribution is -0.142. The highest BCUT2D eigenvalue weighted by atomic mass is 31.0. The van der Waals surface area contributed by atoms with Gasteiger partial charge in [-0.1, -0.05) is 0 Å². The van der Waals surface area contributed by atoms with Crippen LogP contribution in [0.2, 0.25) is 0 Å². The van der Waals surface area contributed by atoms with Crippen molar-refractivity contribution >= 4 is 18.5 Å². The van der Waals surface area contributed by atoms with Crippen LogP contribution in [0.25, 0.3) is 0 Å². The molecule has 1 fully saturated rings. The van der Waals surface area contributed by atoms with E-state index in [1.807, 2.05) is 13.8 Å². The fraction of sp³-hybridized carbons (Fsp3) is 1.00. The summed E-state index contributed by atoms with van der Waals surface area (Å²) in [7, 11) is 5.38. The number of rotatable bonds is 2. The summed E-state index contributed by atoms with van der Waals surface area (Å²) in [4.78, 5) is 0. The maximum Gasteiger partial charge on any atom is 0.163 e. The minimum absolute atomic E-state index is 0.243. The maximum absolute atomic E-state index is 5.65. The topological polar surface area (TPSA) is 18.5 Å². The Morgan fingerprint density at radius 3 is 1.73 bits per heavy atom. The van der Waals surface area contributed by atoms with E-state index in [1.165, 1.54) is 0 Å². The first-order chi connectivity index (χ1) is 5.09. The first-order valence-corrected chi connectivity index (χ1v) is 5.48. The molecule has 4 atom stereocenters. The van der Waals surface area contributed by atoms with Crippen LogP contribution in [-0.2, 0) is 9.47 Å². The van der Waals surface area contributed by atoms with E-state index in [1.54, 1.807) is 0 Å². The molecule has 0 spiro atoms. The van der Waals surface area contributed by atoms with Crippen molar-refractivity contribution in [2.45, 2.75) is 31.8 Å². The number of hydrogen-bond donors (Lipinski definition) is 0. The Morgan fingerprint density at radius 1 is 1.09 bits per heavy atom. The SMILES string of the molecule is CC1(C)O[C@@H](CP)[C@H](CP)O1. The van der Waals surface area contributed by atoms with E-state index >= 15 is 0 Å². The molecular weight excluding hydrogens is 178 g/mol. The monoisotopic (exact) mass is 194 g/mol. The van der Waals surface area contributed by atoms with Crippen molar-refractivity contribution in [2.75, 3.05) is 12.3 Å². The Balaban J connectivity index is 2.55. The lowest BCUT2D eigenvalue weighted by atomic mass is 10.3. The molecule has 0 radical (unpaired) electrons. The summed E-state index contributed by atoms with van der Waals surface area (Å²) < 4.78 is 11.3. The van der Waals surface area contributed by atoms with Gasteiger partial charge in [-0.3, -0.25) is 0 Å². The van der Waals surface area contributed by atoms with Crippen LogP contribution >= 0.6 is 18.5 Å². The van der Waals surface area contributed by atoms with Crippen molar-refractivity contribution in [2.24, 2.45) is 0 Å². The summed E-state index contributed by atoms with van der Waals surface area (Å²) in [6.45, 7) is 3.92. The first kappa shape index (κ1) is 9.86. The van der Waals surface area contributed by atoms with Crippen molar-refractivity contribution < 1.29 is 9.47 Å². The fourth-order valence-corrected chi connectivity index (χ4v) is 2.11. The second kappa shape index (κ2) is 3.66. The standard InChI is InChI=1S/C7H16O2P2/c1-7(2)8-5(3-10)6(4-11)9-7/h5-6H,3-4,10-11H2,1-2H3/t5-,6-/m0/s1. The minimum Gasteiger partial charge on any atom is -0.344 e. The van der Waals surface area contributed by atoms with E-state index in [4.69, 9.17) is 9.47 Å². The third kappa shape index (κ3) is 2.36. The van der Waals surface area contributed by atoms with Gasteiger partial charge >= 0.3 is 0 Å². The van der Waals surface area contributed by atoms with Gasteiger partial charge in [-0.25, -0.2) is 0 Å². The van der Waals surface area contributed by atoms with Crippen LogP contribution in [0.1, 0.15) is 13.8 Å². The van der Waals surface area contributed by atoms with E-state index in [0.29, 0.717) is 0 Å². The van der Waals surface area contributed by atoms with Gasteiger partial charge in [0.1, 0.15) is 0 Å². The fourth-order valence-electron chi connectivity index (χ4n) is 1.31. The second-order valence-electron chi connectivity index (χ2n) is 3.18. The van der Waals surface area contributed by atoms with Crippen LogP contribution in [0, 0.1) is 0 Å². The average Bonchev–Trinajstić information content (AvgIpc) is 2.25. The van der Waals surface area contributed by atoms with Crippen molar-refractivity contribution in [1.82, 2.24) is 0 Å². The summed E-state index contributed by atoms with van der Waals surface area (Å²) >= 11 is 0. The molecule has 0 saturated carbocycles. The Bertz CT molecular complexity index is 124. The van der Waals surface area contributed by atoms with Crippen molar-refractivity contribution in [3.63, 3.8) is 0 Å². The minimum atomic E-state index is -0.386. The normalized spacial score (nSPS) is 36.0. The molecule has 2 nitrogen and oxygen atoms in total. The van der Waals surface area contributed by atoms with Gasteiger partial charge in [0.15, 0.2) is 5.79 Å². The Morgan fingerprint density at radius 2 is 1.45 bits per heavy atom. The first-order valence-electron chi connectivity index (χ1n) is 3.85. The molecule has 1 heterocycles. The Labute approximate surface area is 72.8 Å². The average molecular weight is 194 g/mol. The summed E-state index contributed by atoms with van der Waals surface area (Å²) in [5, 5.41) is 0. The van der Waals surface area contributed by atoms with Gasteiger partial charge in [-0.05, 0) is 26.2 Å². The van der Waals surface area contributed by atoms with E-state index in [9.17, 15) is 0 Å². The molecule has 4 heteroatoms. The van der Waals surface area contributed by atoms with Crippen LogP contribution < -0.4 is 0 Å². The van der Waals surface area contributed by atoms with Crippen molar-refractivity contribution in [1.29, 1.82) is 0 Å². The Kier molecular flexibility index (Phi) is 3.28. The van der Waals surface area contributed by atoms with E-state index < -0.39 is 0 Å². The van der Waals surface area contributed by atoms with E-state index in [-0.39, 0.29) is 18.0 Å². The second-order valence-corrected chi connectivity index (χ2v) is 4.13. The van der Waals surface area contributed by atoms with Gasteiger partial charge in [-0.2, -0.15) is 0 Å². The van der Waals surface area contributed by atoms with Crippen molar-refractivity contribution in [3.8, 4) is 0 Å². The van der Waals surface area contributed by atoms with Gasteiger partial charge in [0, 0.05) is 0 Å². The van der Waals surface area contributed by atoms with Gasteiger partial charge < -0.3 is 9.47 Å². The van der Waals surface area contributed by atoms with E-state index in [2.05, 4.69) is 18.5 Å². The van der Waals surface area contributed by atoms with Crippen molar-refractivity contribution in [3.05, 3.63) is 0 Å². The zero-order valence-electron chi connectivity index (χ0n) is 7.04. The molecule has 1 rings (SSSR count). The van der Waals surface area contributed by atoms with Crippen LogP contribution in [0.4, 0.5) is 0 Å². The largest absolute Gasteiger partial charge is 0.344 e. The molecule has 0 aliphatic carbocycles. The molecule has 2 unspecified atom stereocenters. The Hall–Kier alpha value is 0.780. The number of ether oxygens (including phenoxy) is 2. The quantitative estimate of drug-likeness (QED) is 0.616. The molecule has 0 N–H and O–H groups in total. The summed E-state index contributed by atoms with van der Waals surface area (Å²) in [6.07, 6.45) is 2.38. The highest BCUT2D eigenvalue weighted by molar-refractivity contribution is 7.17. The third-order valence-corrected chi connectivity index (χ3v) is 2.68.